The van der Waals surface area contributed by atoms with Gasteiger partial charge in [0.1, 0.15) is 11.6 Å². The van der Waals surface area contributed by atoms with Gasteiger partial charge in [0, 0.05) is 18.0 Å². The maximum absolute atomic E-state index is 13.5. The van der Waals surface area contributed by atoms with Gasteiger partial charge in [-0.2, -0.15) is 0 Å². The number of hydrogen-bond donors (Lipinski definition) is 0. The number of thioether (sulfide) groups is 1. The van der Waals surface area contributed by atoms with Gasteiger partial charge in [-0.1, -0.05) is 0 Å². The number of hydrogen-bond acceptors (Lipinski definition) is 6. The standard InChI is InChI=1S/C16H19F2NO5S2/c1-10(16(21)19(2)12-5-6-26(22,23)9-12)24-15(20)8-25-14-7-11(17)3-4-13(14)18/h3-4,7,10,12H,5-6,8-9H2,1-2H3/t10-,12-/m0/s1. The van der Waals surface area contributed by atoms with Gasteiger partial charge in [0.25, 0.3) is 5.91 Å². The number of amides is 1. The van der Waals surface area contributed by atoms with Crippen LogP contribution in [-0.2, 0) is 24.2 Å². The molecule has 0 N–H and O–H groups in total. The summed E-state index contributed by atoms with van der Waals surface area (Å²) >= 11 is 0.763. The Morgan fingerprint density at radius 1 is 1.38 bits per heavy atom. The van der Waals surface area contributed by atoms with Crippen molar-refractivity contribution in [3.63, 3.8) is 0 Å². The highest BCUT2D eigenvalue weighted by Crippen LogP contribution is 2.23. The number of sulfone groups is 1. The van der Waals surface area contributed by atoms with Crippen molar-refractivity contribution in [3.05, 3.63) is 29.8 Å². The van der Waals surface area contributed by atoms with Crippen LogP contribution >= 0.6 is 11.8 Å². The zero-order valence-electron chi connectivity index (χ0n) is 14.3. The third-order valence-corrected chi connectivity index (χ3v) is 6.75. The molecule has 10 heteroatoms. The van der Waals surface area contributed by atoms with E-state index in [2.05, 4.69) is 0 Å². The predicted molar refractivity (Wildman–Crippen MR) is 92.5 cm³/mol. The Morgan fingerprint density at radius 2 is 2.08 bits per heavy atom. The summed E-state index contributed by atoms with van der Waals surface area (Å²) in [7, 11) is -1.67. The third kappa shape index (κ3) is 5.41. The van der Waals surface area contributed by atoms with Crippen LogP contribution in [0.3, 0.4) is 0 Å². The Balaban J connectivity index is 1.86. The number of nitrogens with zero attached hydrogens (tertiary/aromatic N) is 1. The highest BCUT2D eigenvalue weighted by atomic mass is 32.2. The molecule has 0 radical (unpaired) electrons. The first kappa shape index (κ1) is 20.6. The minimum Gasteiger partial charge on any atom is -0.452 e. The number of halogens is 2. The molecule has 2 rings (SSSR count). The predicted octanol–water partition coefficient (Wildman–Crippen LogP) is 1.63. The zero-order chi connectivity index (χ0) is 19.5. The van der Waals surface area contributed by atoms with E-state index >= 15 is 0 Å². The number of likely N-dealkylation sites (N-methyl/N-ethyl adjacent to an activating group) is 1. The number of ether oxygens (including phenoxy) is 1. The van der Waals surface area contributed by atoms with Gasteiger partial charge in [0.2, 0.25) is 0 Å². The maximum atomic E-state index is 13.5. The number of esters is 1. The average Bonchev–Trinajstić information content (AvgIpc) is 2.94. The number of benzene rings is 1. The van der Waals surface area contributed by atoms with E-state index in [1.165, 1.54) is 18.9 Å². The first-order chi connectivity index (χ1) is 12.1. The highest BCUT2D eigenvalue weighted by molar-refractivity contribution is 8.00. The Hall–Kier alpha value is -1.68. The molecule has 1 aliphatic heterocycles. The fourth-order valence-electron chi connectivity index (χ4n) is 2.55. The lowest BCUT2D eigenvalue weighted by Crippen LogP contribution is -2.44. The van der Waals surface area contributed by atoms with Crippen molar-refractivity contribution in [1.29, 1.82) is 0 Å². The molecule has 1 heterocycles. The molecule has 0 bridgehead atoms. The Labute approximate surface area is 154 Å². The van der Waals surface area contributed by atoms with Crippen LogP contribution in [0.2, 0.25) is 0 Å². The summed E-state index contributed by atoms with van der Waals surface area (Å²) in [6.45, 7) is 1.38. The van der Waals surface area contributed by atoms with Gasteiger partial charge >= 0.3 is 5.97 Å². The first-order valence-corrected chi connectivity index (χ1v) is 10.6. The molecule has 2 atom stereocenters. The Kier molecular flexibility index (Phi) is 6.62. The average molecular weight is 407 g/mol. The van der Waals surface area contributed by atoms with Crippen molar-refractivity contribution < 1.29 is 31.5 Å². The quantitative estimate of drug-likeness (QED) is 0.527. The monoisotopic (exact) mass is 407 g/mol. The van der Waals surface area contributed by atoms with E-state index in [0.717, 1.165) is 30.0 Å². The van der Waals surface area contributed by atoms with E-state index < -0.39 is 45.5 Å². The lowest BCUT2D eigenvalue weighted by Gasteiger charge is -2.26. The van der Waals surface area contributed by atoms with E-state index in [1.807, 2.05) is 0 Å². The second kappa shape index (κ2) is 8.34. The largest absolute Gasteiger partial charge is 0.452 e. The van der Waals surface area contributed by atoms with E-state index in [9.17, 15) is 26.8 Å². The molecule has 1 fully saturated rings. The molecule has 1 aromatic carbocycles. The normalized spacial score (nSPS) is 19.8. The number of carbonyl (C=O) groups excluding carboxylic acids is 2. The summed E-state index contributed by atoms with van der Waals surface area (Å²) in [5, 5.41) is 0. The molecule has 1 aromatic rings. The van der Waals surface area contributed by atoms with E-state index in [0.29, 0.717) is 6.42 Å². The lowest BCUT2D eigenvalue weighted by atomic mass is 10.2. The maximum Gasteiger partial charge on any atom is 0.317 e. The summed E-state index contributed by atoms with van der Waals surface area (Å²) in [6.07, 6.45) is -0.756. The summed E-state index contributed by atoms with van der Waals surface area (Å²) in [5.41, 5.74) is 0. The molecule has 1 amide bonds. The summed E-state index contributed by atoms with van der Waals surface area (Å²) in [5.74, 6) is -2.92. The lowest BCUT2D eigenvalue weighted by molar-refractivity contribution is -0.157. The van der Waals surface area contributed by atoms with Gasteiger partial charge in [-0.25, -0.2) is 17.2 Å². The zero-order valence-corrected chi connectivity index (χ0v) is 15.9. The number of carbonyl (C=O) groups is 2. The van der Waals surface area contributed by atoms with Crippen molar-refractivity contribution in [2.24, 2.45) is 0 Å². The van der Waals surface area contributed by atoms with Crippen LogP contribution in [0.25, 0.3) is 0 Å². The number of rotatable bonds is 6. The van der Waals surface area contributed by atoms with Crippen LogP contribution in [0, 0.1) is 11.6 Å². The summed E-state index contributed by atoms with van der Waals surface area (Å²) in [6, 6.07) is 2.46. The van der Waals surface area contributed by atoms with Crippen LogP contribution < -0.4 is 0 Å². The van der Waals surface area contributed by atoms with Crippen molar-refractivity contribution in [1.82, 2.24) is 4.90 Å². The second-order valence-electron chi connectivity index (χ2n) is 6.00. The highest BCUT2D eigenvalue weighted by Gasteiger charge is 2.34. The molecule has 144 valence electrons. The van der Waals surface area contributed by atoms with Crippen LogP contribution in [0.15, 0.2) is 23.1 Å². The molecule has 0 aliphatic carbocycles. The van der Waals surface area contributed by atoms with Gasteiger partial charge < -0.3 is 9.64 Å². The van der Waals surface area contributed by atoms with Crippen LogP contribution in [0.1, 0.15) is 13.3 Å². The van der Waals surface area contributed by atoms with Crippen LogP contribution in [0.4, 0.5) is 8.78 Å². The molecule has 6 nitrogen and oxygen atoms in total. The summed E-state index contributed by atoms with van der Waals surface area (Å²) in [4.78, 5) is 25.4. The van der Waals surface area contributed by atoms with Gasteiger partial charge in [-0.15, -0.1) is 11.8 Å². The van der Waals surface area contributed by atoms with Crippen molar-refractivity contribution >= 4 is 33.5 Å². The SMILES string of the molecule is C[C@H](OC(=O)CSc1cc(F)ccc1F)C(=O)N(C)[C@H]1CCS(=O)(=O)C1. The molecule has 0 saturated carbocycles. The second-order valence-corrected chi connectivity index (χ2v) is 9.25. The van der Waals surface area contributed by atoms with Crippen molar-refractivity contribution in [2.75, 3.05) is 24.3 Å². The first-order valence-electron chi connectivity index (χ1n) is 7.83. The Morgan fingerprint density at radius 3 is 2.69 bits per heavy atom. The molecule has 26 heavy (non-hydrogen) atoms. The smallest absolute Gasteiger partial charge is 0.317 e. The van der Waals surface area contributed by atoms with Crippen LogP contribution in [-0.4, -0.2) is 61.6 Å². The van der Waals surface area contributed by atoms with Crippen LogP contribution in [0.5, 0.6) is 0 Å². The molecule has 0 aromatic heterocycles. The van der Waals surface area contributed by atoms with Gasteiger partial charge in [-0.3, -0.25) is 9.59 Å². The molecule has 0 spiro atoms. The minimum atomic E-state index is -3.14. The Bertz CT molecular complexity index is 800. The fraction of sp³-hybridized carbons (Fsp3) is 0.500. The molecule has 0 unspecified atom stereocenters. The fourth-order valence-corrected chi connectivity index (χ4v) is 5.07. The van der Waals surface area contributed by atoms with Gasteiger partial charge in [0.15, 0.2) is 15.9 Å². The van der Waals surface area contributed by atoms with Gasteiger partial charge in [-0.05, 0) is 31.5 Å². The van der Waals surface area contributed by atoms with E-state index in [-0.39, 0.29) is 22.2 Å². The van der Waals surface area contributed by atoms with Crippen molar-refractivity contribution in [3.8, 4) is 0 Å². The third-order valence-electron chi connectivity index (χ3n) is 4.00. The topological polar surface area (TPSA) is 80.8 Å². The molecular formula is C16H19F2NO5S2. The minimum absolute atomic E-state index is 0.0271. The van der Waals surface area contributed by atoms with E-state index in [1.54, 1.807) is 0 Å². The molecule has 1 aliphatic rings. The molecular weight excluding hydrogens is 388 g/mol. The summed E-state index contributed by atoms with van der Waals surface area (Å²) < 4.78 is 54.6. The van der Waals surface area contributed by atoms with Gasteiger partial charge in [0.05, 0.1) is 17.3 Å². The van der Waals surface area contributed by atoms with Crippen molar-refractivity contribution in [2.45, 2.75) is 30.4 Å². The van der Waals surface area contributed by atoms with E-state index in [4.69, 9.17) is 4.74 Å². The molecule has 1 saturated heterocycles.